The van der Waals surface area contributed by atoms with Crippen LogP contribution >= 0.6 is 0 Å². The van der Waals surface area contributed by atoms with Crippen LogP contribution in [-0.4, -0.2) is 0 Å². The minimum Gasteiger partial charge on any atom is -0.398 e. The second kappa shape index (κ2) is 3.00. The molecule has 14 heavy (non-hydrogen) atoms. The Bertz CT molecular complexity index is 429. The van der Waals surface area contributed by atoms with Crippen molar-refractivity contribution in [1.82, 2.24) is 0 Å². The first kappa shape index (κ1) is 9.04. The summed E-state index contributed by atoms with van der Waals surface area (Å²) in [5.41, 5.74) is 16.4. The van der Waals surface area contributed by atoms with Crippen molar-refractivity contribution in [3.8, 4) is 6.07 Å². The van der Waals surface area contributed by atoms with Crippen molar-refractivity contribution in [2.24, 2.45) is 5.73 Å². The number of nitriles is 1. The van der Waals surface area contributed by atoms with E-state index in [1.165, 1.54) is 0 Å². The second-order valence-electron chi connectivity index (χ2n) is 3.80. The minimum absolute atomic E-state index is 0.0115. The van der Waals surface area contributed by atoms with E-state index in [9.17, 15) is 0 Å². The van der Waals surface area contributed by atoms with Gasteiger partial charge in [0.05, 0.1) is 11.6 Å². The lowest BCUT2D eigenvalue weighted by Crippen LogP contribution is -2.08. The highest BCUT2D eigenvalue weighted by Gasteiger charge is 2.25. The van der Waals surface area contributed by atoms with Gasteiger partial charge in [-0.2, -0.15) is 5.26 Å². The number of nitrogens with two attached hydrogens (primary N) is 2. The molecule has 0 fully saturated rings. The molecule has 1 aliphatic carbocycles. The Morgan fingerprint density at radius 2 is 2.29 bits per heavy atom. The van der Waals surface area contributed by atoms with Crippen molar-refractivity contribution in [2.45, 2.75) is 25.8 Å². The van der Waals surface area contributed by atoms with Gasteiger partial charge in [-0.15, -0.1) is 0 Å². The van der Waals surface area contributed by atoms with Gasteiger partial charge in [0, 0.05) is 11.7 Å². The number of nitrogen functional groups attached to an aromatic ring is 1. The average Bonchev–Trinajstić information content (AvgIpc) is 2.55. The van der Waals surface area contributed by atoms with Crippen molar-refractivity contribution in [3.63, 3.8) is 0 Å². The summed E-state index contributed by atoms with van der Waals surface area (Å²) in [6.45, 7) is 1.93. The van der Waals surface area contributed by atoms with Gasteiger partial charge in [0.25, 0.3) is 0 Å². The molecule has 1 aromatic rings. The standard InChI is InChI=1S/C11H13N3/c1-6-4-7(5-12)10-8(11(6)14)2-3-9(10)13/h4,9H,2-3,13-14H2,1H3/t9-/m0/s1. The topological polar surface area (TPSA) is 75.8 Å². The molecule has 72 valence electrons. The summed E-state index contributed by atoms with van der Waals surface area (Å²) in [5.74, 6) is 0. The van der Waals surface area contributed by atoms with Crippen LogP contribution in [0.1, 0.15) is 34.7 Å². The van der Waals surface area contributed by atoms with Crippen LogP contribution in [0.25, 0.3) is 0 Å². The van der Waals surface area contributed by atoms with Gasteiger partial charge in [0.1, 0.15) is 0 Å². The van der Waals surface area contributed by atoms with E-state index in [-0.39, 0.29) is 6.04 Å². The Morgan fingerprint density at radius 3 is 2.93 bits per heavy atom. The highest BCUT2D eigenvalue weighted by Crippen LogP contribution is 2.37. The number of fused-ring (bicyclic) bond motifs is 1. The van der Waals surface area contributed by atoms with E-state index in [0.717, 1.165) is 35.2 Å². The van der Waals surface area contributed by atoms with Gasteiger partial charge in [-0.1, -0.05) is 0 Å². The van der Waals surface area contributed by atoms with Crippen LogP contribution in [0.5, 0.6) is 0 Å². The molecule has 0 amide bonds. The minimum atomic E-state index is -0.0115. The number of nitrogens with zero attached hydrogens (tertiary/aromatic N) is 1. The molecule has 0 bridgehead atoms. The van der Waals surface area contributed by atoms with Crippen LogP contribution in [0.3, 0.4) is 0 Å². The van der Waals surface area contributed by atoms with Gasteiger partial charge in [-0.3, -0.25) is 0 Å². The molecule has 0 aliphatic heterocycles. The van der Waals surface area contributed by atoms with E-state index in [1.807, 2.05) is 13.0 Å². The number of benzene rings is 1. The first-order valence-electron chi connectivity index (χ1n) is 4.72. The summed E-state index contributed by atoms with van der Waals surface area (Å²) in [4.78, 5) is 0. The molecule has 0 heterocycles. The molecule has 1 aliphatic rings. The molecule has 0 unspecified atom stereocenters. The molecule has 4 N–H and O–H groups in total. The van der Waals surface area contributed by atoms with Gasteiger partial charge < -0.3 is 11.5 Å². The first-order valence-corrected chi connectivity index (χ1v) is 4.72. The summed E-state index contributed by atoms with van der Waals surface area (Å²) >= 11 is 0. The summed E-state index contributed by atoms with van der Waals surface area (Å²) in [5, 5.41) is 8.99. The fourth-order valence-corrected chi connectivity index (χ4v) is 2.15. The van der Waals surface area contributed by atoms with Crippen LogP contribution in [0.2, 0.25) is 0 Å². The Labute approximate surface area is 83.3 Å². The van der Waals surface area contributed by atoms with E-state index in [2.05, 4.69) is 6.07 Å². The van der Waals surface area contributed by atoms with Crippen LogP contribution in [0, 0.1) is 18.3 Å². The van der Waals surface area contributed by atoms with Crippen LogP contribution in [-0.2, 0) is 6.42 Å². The highest BCUT2D eigenvalue weighted by molar-refractivity contribution is 5.64. The van der Waals surface area contributed by atoms with E-state index in [1.54, 1.807) is 0 Å². The Hall–Kier alpha value is -1.53. The maximum absolute atomic E-state index is 8.99. The molecular formula is C11H13N3. The summed E-state index contributed by atoms with van der Waals surface area (Å²) in [7, 11) is 0. The highest BCUT2D eigenvalue weighted by atomic mass is 14.7. The molecule has 3 heteroatoms. The average molecular weight is 187 g/mol. The SMILES string of the molecule is Cc1cc(C#N)c2c(c1N)CC[C@@H]2N. The maximum Gasteiger partial charge on any atom is 0.0995 e. The molecule has 0 radical (unpaired) electrons. The predicted molar refractivity (Wildman–Crippen MR) is 55.6 cm³/mol. The normalized spacial score (nSPS) is 19.1. The van der Waals surface area contributed by atoms with Crippen molar-refractivity contribution in [2.75, 3.05) is 5.73 Å². The lowest BCUT2D eigenvalue weighted by atomic mass is 9.97. The number of hydrogen-bond acceptors (Lipinski definition) is 3. The van der Waals surface area contributed by atoms with Crippen LogP contribution in [0.15, 0.2) is 6.07 Å². The third kappa shape index (κ3) is 1.08. The molecule has 3 nitrogen and oxygen atoms in total. The molecule has 1 aromatic carbocycles. The fraction of sp³-hybridized carbons (Fsp3) is 0.364. The quantitative estimate of drug-likeness (QED) is 0.603. The Kier molecular flexibility index (Phi) is 1.94. The van der Waals surface area contributed by atoms with Gasteiger partial charge >= 0.3 is 0 Å². The van der Waals surface area contributed by atoms with Crippen molar-refractivity contribution < 1.29 is 0 Å². The zero-order chi connectivity index (χ0) is 10.3. The summed E-state index contributed by atoms with van der Waals surface area (Å²) < 4.78 is 0. The predicted octanol–water partition coefficient (Wildman–Crippen LogP) is 1.39. The molecule has 2 rings (SSSR count). The molecule has 0 spiro atoms. The van der Waals surface area contributed by atoms with E-state index >= 15 is 0 Å². The van der Waals surface area contributed by atoms with E-state index in [0.29, 0.717) is 5.56 Å². The number of rotatable bonds is 0. The number of aryl methyl sites for hydroxylation is 1. The molecule has 1 atom stereocenters. The first-order chi connectivity index (χ1) is 6.65. The zero-order valence-electron chi connectivity index (χ0n) is 8.17. The lowest BCUT2D eigenvalue weighted by Gasteiger charge is -2.11. The van der Waals surface area contributed by atoms with Crippen molar-refractivity contribution in [3.05, 3.63) is 28.3 Å². The number of anilines is 1. The largest absolute Gasteiger partial charge is 0.398 e. The summed E-state index contributed by atoms with van der Waals surface area (Å²) in [6, 6.07) is 4.01. The van der Waals surface area contributed by atoms with Crippen molar-refractivity contribution >= 4 is 5.69 Å². The molecule has 0 aromatic heterocycles. The fourth-order valence-electron chi connectivity index (χ4n) is 2.15. The van der Waals surface area contributed by atoms with Crippen LogP contribution < -0.4 is 11.5 Å². The summed E-state index contributed by atoms with van der Waals surface area (Å²) in [6.07, 6.45) is 1.80. The third-order valence-electron chi connectivity index (χ3n) is 2.92. The van der Waals surface area contributed by atoms with Gasteiger partial charge in [0.15, 0.2) is 0 Å². The molecular weight excluding hydrogens is 174 g/mol. The van der Waals surface area contributed by atoms with E-state index < -0.39 is 0 Å². The zero-order valence-corrected chi connectivity index (χ0v) is 8.17. The molecule has 0 saturated heterocycles. The second-order valence-corrected chi connectivity index (χ2v) is 3.80. The lowest BCUT2D eigenvalue weighted by molar-refractivity contribution is 0.712. The number of hydrogen-bond donors (Lipinski definition) is 2. The van der Waals surface area contributed by atoms with Crippen molar-refractivity contribution in [1.29, 1.82) is 5.26 Å². The maximum atomic E-state index is 8.99. The molecule has 0 saturated carbocycles. The third-order valence-corrected chi connectivity index (χ3v) is 2.92. The van der Waals surface area contributed by atoms with E-state index in [4.69, 9.17) is 16.7 Å². The smallest absolute Gasteiger partial charge is 0.0995 e. The van der Waals surface area contributed by atoms with Gasteiger partial charge in [-0.25, -0.2) is 0 Å². The van der Waals surface area contributed by atoms with Gasteiger partial charge in [0.2, 0.25) is 0 Å². The monoisotopic (exact) mass is 187 g/mol. The Balaban J connectivity index is 2.74. The van der Waals surface area contributed by atoms with Crippen LogP contribution in [0.4, 0.5) is 5.69 Å². The Morgan fingerprint density at radius 1 is 1.57 bits per heavy atom. The van der Waals surface area contributed by atoms with Gasteiger partial charge in [-0.05, 0) is 42.5 Å².